The molecule has 0 aliphatic heterocycles. The molecule has 0 saturated carbocycles. The van der Waals surface area contributed by atoms with Gasteiger partial charge in [0.15, 0.2) is 0 Å². The second-order valence-corrected chi connectivity index (χ2v) is 4.20. The average Bonchev–Trinajstić information content (AvgIpc) is 1.84. The lowest BCUT2D eigenvalue weighted by Gasteiger charge is -2.36. The Morgan fingerprint density at radius 3 is 1.64 bits per heavy atom. The molecule has 0 aromatic rings. The topological polar surface area (TPSA) is 60.7 Å². The summed E-state index contributed by atoms with van der Waals surface area (Å²) in [6.45, 7) is 6.31. The second-order valence-electron chi connectivity index (χ2n) is 4.20. The van der Waals surface area contributed by atoms with E-state index in [2.05, 4.69) is 0 Å². The normalized spacial score (nSPS) is 16.6. The Balaban J connectivity index is 4.35. The Morgan fingerprint density at radius 2 is 1.55 bits per heavy atom. The van der Waals surface area contributed by atoms with Crippen molar-refractivity contribution in [2.24, 2.45) is 5.41 Å². The van der Waals surface area contributed by atoms with Gasteiger partial charge in [-0.2, -0.15) is 0 Å². The first-order chi connectivity index (χ1) is 4.72. The van der Waals surface area contributed by atoms with Crippen LogP contribution in [0.4, 0.5) is 0 Å². The van der Waals surface area contributed by atoms with Gasteiger partial charge in [-0.3, -0.25) is 0 Å². The van der Waals surface area contributed by atoms with Crippen LogP contribution in [0.15, 0.2) is 0 Å². The standard InChI is InChI=1S/C8H18O3/c1-7(2,5-9)6(10)8(3,4)11/h6,9-11H,5H2,1-4H3/t6-/m1/s1. The van der Waals surface area contributed by atoms with E-state index >= 15 is 0 Å². The van der Waals surface area contributed by atoms with Gasteiger partial charge in [-0.05, 0) is 13.8 Å². The van der Waals surface area contributed by atoms with Gasteiger partial charge < -0.3 is 15.3 Å². The smallest absolute Gasteiger partial charge is 0.0894 e. The van der Waals surface area contributed by atoms with Crippen LogP contribution >= 0.6 is 0 Å². The molecule has 0 aliphatic rings. The molecule has 0 heterocycles. The summed E-state index contributed by atoms with van der Waals surface area (Å²) in [5.41, 5.74) is -1.82. The van der Waals surface area contributed by atoms with Crippen molar-refractivity contribution < 1.29 is 15.3 Å². The minimum absolute atomic E-state index is 0.141. The molecule has 0 spiro atoms. The van der Waals surface area contributed by atoms with Gasteiger partial charge in [-0.15, -0.1) is 0 Å². The van der Waals surface area contributed by atoms with Crippen molar-refractivity contribution in [3.63, 3.8) is 0 Å². The molecule has 0 aromatic heterocycles. The summed E-state index contributed by atoms with van der Waals surface area (Å²) in [7, 11) is 0. The largest absolute Gasteiger partial charge is 0.396 e. The maximum Gasteiger partial charge on any atom is 0.0894 e. The molecular formula is C8H18O3. The van der Waals surface area contributed by atoms with Crippen molar-refractivity contribution in [1.82, 2.24) is 0 Å². The summed E-state index contributed by atoms with van der Waals surface area (Å²) in [5.74, 6) is 0. The second kappa shape index (κ2) is 3.09. The van der Waals surface area contributed by atoms with E-state index in [1.165, 1.54) is 13.8 Å². The molecule has 0 amide bonds. The van der Waals surface area contributed by atoms with Gasteiger partial charge in [0.05, 0.1) is 18.3 Å². The van der Waals surface area contributed by atoms with Gasteiger partial charge in [0, 0.05) is 5.41 Å². The average molecular weight is 162 g/mol. The molecule has 1 atom stereocenters. The zero-order valence-electron chi connectivity index (χ0n) is 7.63. The van der Waals surface area contributed by atoms with E-state index in [9.17, 15) is 10.2 Å². The molecule has 11 heavy (non-hydrogen) atoms. The third kappa shape index (κ3) is 2.77. The molecule has 0 saturated heterocycles. The molecule has 0 aromatic carbocycles. The minimum Gasteiger partial charge on any atom is -0.396 e. The highest BCUT2D eigenvalue weighted by molar-refractivity contribution is 4.88. The summed E-state index contributed by atoms with van der Waals surface area (Å²) >= 11 is 0. The molecule has 3 N–H and O–H groups in total. The first kappa shape index (κ1) is 10.9. The van der Waals surface area contributed by atoms with Crippen molar-refractivity contribution in [3.05, 3.63) is 0 Å². The summed E-state index contributed by atoms with van der Waals surface area (Å²) in [4.78, 5) is 0. The third-order valence-electron chi connectivity index (χ3n) is 1.82. The first-order valence-electron chi connectivity index (χ1n) is 3.73. The van der Waals surface area contributed by atoms with Crippen LogP contribution in [0.2, 0.25) is 0 Å². The van der Waals surface area contributed by atoms with Gasteiger partial charge >= 0.3 is 0 Å². The van der Waals surface area contributed by atoms with Crippen LogP contribution < -0.4 is 0 Å². The minimum atomic E-state index is -1.16. The highest BCUT2D eigenvalue weighted by Crippen LogP contribution is 2.27. The maximum absolute atomic E-state index is 9.50. The molecule has 0 aliphatic carbocycles. The van der Waals surface area contributed by atoms with Crippen LogP contribution in [0.3, 0.4) is 0 Å². The van der Waals surface area contributed by atoms with E-state index in [1.807, 2.05) is 0 Å². The van der Waals surface area contributed by atoms with E-state index in [-0.39, 0.29) is 6.61 Å². The van der Waals surface area contributed by atoms with Crippen LogP contribution in [0.25, 0.3) is 0 Å². The summed E-state index contributed by atoms with van der Waals surface area (Å²) in [6, 6.07) is 0. The van der Waals surface area contributed by atoms with E-state index in [0.29, 0.717) is 0 Å². The van der Waals surface area contributed by atoms with E-state index in [1.54, 1.807) is 13.8 Å². The van der Waals surface area contributed by atoms with Gasteiger partial charge in [-0.25, -0.2) is 0 Å². The quantitative estimate of drug-likeness (QED) is 0.553. The summed E-state index contributed by atoms with van der Waals surface area (Å²) in [5, 5.41) is 27.8. The third-order valence-corrected chi connectivity index (χ3v) is 1.82. The van der Waals surface area contributed by atoms with Crippen LogP contribution in [0, 0.1) is 5.41 Å². The Kier molecular flexibility index (Phi) is 3.06. The van der Waals surface area contributed by atoms with Gasteiger partial charge in [0.1, 0.15) is 0 Å². The van der Waals surface area contributed by atoms with Gasteiger partial charge in [-0.1, -0.05) is 13.8 Å². The predicted octanol–water partition coefficient (Wildman–Crippen LogP) is 0.137. The lowest BCUT2D eigenvalue weighted by molar-refractivity contribution is -0.117. The van der Waals surface area contributed by atoms with Crippen LogP contribution in [-0.2, 0) is 0 Å². The van der Waals surface area contributed by atoms with Crippen molar-refractivity contribution in [1.29, 1.82) is 0 Å². The van der Waals surface area contributed by atoms with Gasteiger partial charge in [0.2, 0.25) is 0 Å². The first-order valence-corrected chi connectivity index (χ1v) is 3.73. The molecule has 0 bridgehead atoms. The van der Waals surface area contributed by atoms with Crippen molar-refractivity contribution in [3.8, 4) is 0 Å². The van der Waals surface area contributed by atoms with Crippen molar-refractivity contribution >= 4 is 0 Å². The fourth-order valence-corrected chi connectivity index (χ4v) is 1.04. The van der Waals surface area contributed by atoms with Crippen LogP contribution in [0.1, 0.15) is 27.7 Å². The SMILES string of the molecule is CC(C)(O)[C@H](O)C(C)(C)CO. The summed E-state index contributed by atoms with van der Waals surface area (Å²) in [6.07, 6.45) is -0.917. The Labute approximate surface area is 67.7 Å². The lowest BCUT2D eigenvalue weighted by Crippen LogP contribution is -2.47. The fraction of sp³-hybridized carbons (Fsp3) is 1.00. The molecule has 3 nitrogen and oxygen atoms in total. The number of aliphatic hydroxyl groups is 3. The molecule has 0 unspecified atom stereocenters. The number of hydrogen-bond donors (Lipinski definition) is 3. The molecular weight excluding hydrogens is 144 g/mol. The molecule has 0 rings (SSSR count). The molecule has 0 fully saturated rings. The fourth-order valence-electron chi connectivity index (χ4n) is 1.04. The molecule has 0 radical (unpaired) electrons. The maximum atomic E-state index is 9.50. The zero-order chi connectivity index (χ0) is 9.28. The highest BCUT2D eigenvalue weighted by Gasteiger charge is 2.37. The molecule has 68 valence electrons. The van der Waals surface area contributed by atoms with E-state index in [4.69, 9.17) is 5.11 Å². The zero-order valence-corrected chi connectivity index (χ0v) is 7.63. The van der Waals surface area contributed by atoms with Crippen LogP contribution in [-0.4, -0.2) is 33.6 Å². The number of aliphatic hydroxyl groups excluding tert-OH is 2. The predicted molar refractivity (Wildman–Crippen MR) is 43.2 cm³/mol. The Morgan fingerprint density at radius 1 is 1.18 bits per heavy atom. The molecule has 3 heteroatoms. The highest BCUT2D eigenvalue weighted by atomic mass is 16.3. The summed E-state index contributed by atoms with van der Waals surface area (Å²) < 4.78 is 0. The van der Waals surface area contributed by atoms with E-state index < -0.39 is 17.1 Å². The van der Waals surface area contributed by atoms with Crippen molar-refractivity contribution in [2.75, 3.05) is 6.61 Å². The monoisotopic (exact) mass is 162 g/mol. The van der Waals surface area contributed by atoms with Gasteiger partial charge in [0.25, 0.3) is 0 Å². The Hall–Kier alpha value is -0.120. The number of rotatable bonds is 3. The Bertz CT molecular complexity index is 124. The van der Waals surface area contributed by atoms with Crippen molar-refractivity contribution in [2.45, 2.75) is 39.4 Å². The number of hydrogen-bond acceptors (Lipinski definition) is 3. The van der Waals surface area contributed by atoms with Crippen LogP contribution in [0.5, 0.6) is 0 Å². The lowest BCUT2D eigenvalue weighted by atomic mass is 9.79. The van der Waals surface area contributed by atoms with E-state index in [0.717, 1.165) is 0 Å².